The maximum Gasteiger partial charge on any atom is 0.160 e. The van der Waals surface area contributed by atoms with Crippen molar-refractivity contribution in [3.05, 3.63) is 12.0 Å². The molecule has 2 nitrogen and oxygen atoms in total. The summed E-state index contributed by atoms with van der Waals surface area (Å²) < 4.78 is 5.29. The zero-order valence-corrected chi connectivity index (χ0v) is 6.05. The molecule has 0 saturated carbocycles. The third kappa shape index (κ3) is 1.63. The third-order valence-electron chi connectivity index (χ3n) is 1.31. The van der Waals surface area contributed by atoms with Crippen molar-refractivity contribution in [3.8, 4) is 0 Å². The van der Waals surface area contributed by atoms with Gasteiger partial charge in [0.05, 0.1) is 0 Å². The second kappa shape index (κ2) is 2.76. The highest BCUT2D eigenvalue weighted by atomic mass is 16.5. The van der Waals surface area contributed by atoms with Crippen molar-refractivity contribution in [1.29, 1.82) is 0 Å². The molecule has 1 aliphatic rings. The molecule has 0 spiro atoms. The van der Waals surface area contributed by atoms with E-state index in [4.69, 9.17) is 4.74 Å². The Balaban J connectivity index is 2.33. The summed E-state index contributed by atoms with van der Waals surface area (Å²) in [5.41, 5.74) is 0. The van der Waals surface area contributed by atoms with Gasteiger partial charge >= 0.3 is 0 Å². The predicted molar refractivity (Wildman–Crippen MR) is 36.7 cm³/mol. The van der Waals surface area contributed by atoms with Crippen LogP contribution in [-0.4, -0.2) is 18.7 Å². The van der Waals surface area contributed by atoms with Crippen LogP contribution in [0.25, 0.3) is 0 Å². The van der Waals surface area contributed by atoms with Crippen LogP contribution in [0.3, 0.4) is 0 Å². The molecule has 0 atom stereocenters. The molecule has 0 aliphatic carbocycles. The molecule has 0 aromatic rings. The highest BCUT2D eigenvalue weighted by Gasteiger charge is 2.06. The maximum absolute atomic E-state index is 5.29. The maximum atomic E-state index is 5.29. The van der Waals surface area contributed by atoms with E-state index >= 15 is 0 Å². The van der Waals surface area contributed by atoms with Crippen LogP contribution in [-0.2, 0) is 4.74 Å². The van der Waals surface area contributed by atoms with Crippen LogP contribution in [0.5, 0.6) is 0 Å². The summed E-state index contributed by atoms with van der Waals surface area (Å²) in [6, 6.07) is 0. The number of nitrogens with zero attached hydrogens (tertiary/aromatic N) is 1. The fourth-order valence-corrected chi connectivity index (χ4v) is 0.888. The first-order chi connectivity index (χ1) is 4.33. The molecule has 0 fully saturated rings. The van der Waals surface area contributed by atoms with Crippen LogP contribution >= 0.6 is 0 Å². The topological polar surface area (TPSA) is 12.5 Å². The van der Waals surface area contributed by atoms with E-state index in [0.717, 1.165) is 18.9 Å². The fraction of sp³-hybridized carbons (Fsp3) is 0.714. The summed E-state index contributed by atoms with van der Waals surface area (Å²) in [5.74, 6) is 1.13. The quantitative estimate of drug-likeness (QED) is 0.558. The van der Waals surface area contributed by atoms with Gasteiger partial charge in [0, 0.05) is 19.7 Å². The highest BCUT2D eigenvalue weighted by molar-refractivity contribution is 4.95. The van der Waals surface area contributed by atoms with Crippen LogP contribution in [0, 0.1) is 0 Å². The molecule has 0 unspecified atom stereocenters. The van der Waals surface area contributed by atoms with Crippen molar-refractivity contribution in [2.45, 2.75) is 19.8 Å². The summed E-state index contributed by atoms with van der Waals surface area (Å²) in [4.78, 5) is 2.05. The molecule has 0 radical (unpaired) electrons. The lowest BCUT2D eigenvalue weighted by Crippen LogP contribution is -2.06. The molecule has 0 aromatic heterocycles. The molecule has 0 saturated heterocycles. The number of allylic oxidation sites excluding steroid dienone is 1. The number of hydrogen-bond donors (Lipinski definition) is 0. The van der Waals surface area contributed by atoms with Gasteiger partial charge < -0.3 is 9.64 Å². The Morgan fingerprint density at radius 3 is 3.00 bits per heavy atom. The second-order valence-electron chi connectivity index (χ2n) is 2.38. The molecule has 1 heterocycles. The van der Waals surface area contributed by atoms with E-state index in [1.54, 1.807) is 0 Å². The van der Waals surface area contributed by atoms with Gasteiger partial charge in [0.2, 0.25) is 0 Å². The largest absolute Gasteiger partial charge is 0.476 e. The van der Waals surface area contributed by atoms with E-state index < -0.39 is 0 Å². The first-order valence-corrected chi connectivity index (χ1v) is 3.36. The number of hydrogen-bond acceptors (Lipinski definition) is 2. The van der Waals surface area contributed by atoms with Gasteiger partial charge in [0.25, 0.3) is 0 Å². The summed E-state index contributed by atoms with van der Waals surface area (Å²) in [5, 5.41) is 0. The molecule has 0 amide bonds. The fourth-order valence-electron chi connectivity index (χ4n) is 0.888. The normalized spacial score (nSPS) is 17.6. The molecule has 0 aromatic carbocycles. The number of rotatable bonds is 2. The summed E-state index contributed by atoms with van der Waals surface area (Å²) >= 11 is 0. The molecular formula is C7H13NO. The van der Waals surface area contributed by atoms with Crippen LogP contribution in [0.2, 0.25) is 0 Å². The van der Waals surface area contributed by atoms with E-state index in [1.807, 2.05) is 11.9 Å². The molecule has 0 bridgehead atoms. The van der Waals surface area contributed by atoms with Crippen LogP contribution in [0.1, 0.15) is 19.8 Å². The molecule has 0 N–H and O–H groups in total. The van der Waals surface area contributed by atoms with Gasteiger partial charge in [0.15, 0.2) is 6.73 Å². The minimum absolute atomic E-state index is 0.731. The van der Waals surface area contributed by atoms with Gasteiger partial charge in [0.1, 0.15) is 5.76 Å². The smallest absolute Gasteiger partial charge is 0.160 e. The molecule has 1 aliphatic heterocycles. The van der Waals surface area contributed by atoms with Crippen LogP contribution in [0.15, 0.2) is 12.0 Å². The standard InChI is InChI=1S/C7H13NO/c1-3-4-7-5-8(2)6-9-7/h5H,3-4,6H2,1-2H3. The Kier molecular flexibility index (Phi) is 1.98. The van der Waals surface area contributed by atoms with Crippen molar-refractivity contribution in [2.75, 3.05) is 13.8 Å². The van der Waals surface area contributed by atoms with Crippen molar-refractivity contribution >= 4 is 0 Å². The molecular weight excluding hydrogens is 114 g/mol. The van der Waals surface area contributed by atoms with E-state index in [9.17, 15) is 0 Å². The minimum Gasteiger partial charge on any atom is -0.476 e. The van der Waals surface area contributed by atoms with Gasteiger partial charge in [-0.3, -0.25) is 0 Å². The Bertz CT molecular complexity index is 120. The molecule has 52 valence electrons. The molecule has 2 heteroatoms. The van der Waals surface area contributed by atoms with Crippen LogP contribution in [0.4, 0.5) is 0 Å². The monoisotopic (exact) mass is 127 g/mol. The van der Waals surface area contributed by atoms with E-state index in [2.05, 4.69) is 13.1 Å². The Morgan fingerprint density at radius 2 is 2.56 bits per heavy atom. The van der Waals surface area contributed by atoms with Gasteiger partial charge in [-0.25, -0.2) is 0 Å². The summed E-state index contributed by atoms with van der Waals surface area (Å²) in [6.07, 6.45) is 4.30. The van der Waals surface area contributed by atoms with Gasteiger partial charge in [-0.2, -0.15) is 0 Å². The average molecular weight is 127 g/mol. The van der Waals surface area contributed by atoms with E-state index in [-0.39, 0.29) is 0 Å². The summed E-state index contributed by atoms with van der Waals surface area (Å²) in [6.45, 7) is 2.89. The van der Waals surface area contributed by atoms with Crippen molar-refractivity contribution in [2.24, 2.45) is 0 Å². The van der Waals surface area contributed by atoms with E-state index in [0.29, 0.717) is 0 Å². The lowest BCUT2D eigenvalue weighted by atomic mass is 10.3. The first kappa shape index (κ1) is 6.46. The molecule has 9 heavy (non-hydrogen) atoms. The lowest BCUT2D eigenvalue weighted by molar-refractivity contribution is 0.163. The van der Waals surface area contributed by atoms with E-state index in [1.165, 1.54) is 6.42 Å². The average Bonchev–Trinajstić information content (AvgIpc) is 2.17. The Hall–Kier alpha value is -0.660. The van der Waals surface area contributed by atoms with Gasteiger partial charge in [-0.05, 0) is 6.42 Å². The first-order valence-electron chi connectivity index (χ1n) is 3.36. The Labute approximate surface area is 56.1 Å². The van der Waals surface area contributed by atoms with Gasteiger partial charge in [-0.1, -0.05) is 6.92 Å². The predicted octanol–water partition coefficient (Wildman–Crippen LogP) is 1.55. The van der Waals surface area contributed by atoms with Crippen molar-refractivity contribution in [1.82, 2.24) is 4.90 Å². The number of ether oxygens (including phenoxy) is 1. The third-order valence-corrected chi connectivity index (χ3v) is 1.31. The van der Waals surface area contributed by atoms with Gasteiger partial charge in [-0.15, -0.1) is 0 Å². The minimum atomic E-state index is 0.731. The van der Waals surface area contributed by atoms with Crippen LogP contribution < -0.4 is 0 Å². The summed E-state index contributed by atoms with van der Waals surface area (Å²) in [7, 11) is 2.02. The highest BCUT2D eigenvalue weighted by Crippen LogP contribution is 2.13. The Morgan fingerprint density at radius 1 is 1.78 bits per heavy atom. The second-order valence-corrected chi connectivity index (χ2v) is 2.38. The van der Waals surface area contributed by atoms with Crippen molar-refractivity contribution < 1.29 is 4.74 Å². The zero-order valence-electron chi connectivity index (χ0n) is 6.05. The van der Waals surface area contributed by atoms with Crippen molar-refractivity contribution in [3.63, 3.8) is 0 Å². The lowest BCUT2D eigenvalue weighted by Gasteiger charge is -2.01. The zero-order chi connectivity index (χ0) is 6.69. The molecule has 1 rings (SSSR count). The SMILES string of the molecule is CCCC1=CN(C)CO1.